The van der Waals surface area contributed by atoms with Crippen molar-refractivity contribution < 1.29 is 24.2 Å². The molecule has 0 fully saturated rings. The number of phenolic OH excluding ortho intramolecular Hbond substituents is 1. The molecule has 6 nitrogen and oxygen atoms in total. The Morgan fingerprint density at radius 2 is 1.85 bits per heavy atom. The van der Waals surface area contributed by atoms with Gasteiger partial charge in [-0.25, -0.2) is 9.59 Å². The summed E-state index contributed by atoms with van der Waals surface area (Å²) in [6.07, 6.45) is 1.53. The van der Waals surface area contributed by atoms with Crippen LogP contribution in [0.3, 0.4) is 0 Å². The van der Waals surface area contributed by atoms with Gasteiger partial charge in [0, 0.05) is 0 Å². The number of unbranched alkanes of at least 4 members (excludes halogenated alkanes) is 1. The topological polar surface area (TPSA) is 98.9 Å². The van der Waals surface area contributed by atoms with Crippen LogP contribution in [0.15, 0.2) is 24.3 Å². The van der Waals surface area contributed by atoms with E-state index in [1.807, 2.05) is 6.92 Å². The Labute approximate surface area is 117 Å². The molecule has 1 atom stereocenters. The average Bonchev–Trinajstić information content (AvgIpc) is 2.46. The first-order chi connectivity index (χ1) is 9.46. The van der Waals surface area contributed by atoms with Crippen LogP contribution in [-0.4, -0.2) is 30.8 Å². The number of rotatable bonds is 6. The van der Waals surface area contributed by atoms with E-state index in [4.69, 9.17) is 10.5 Å². The molecule has 6 heteroatoms. The third kappa shape index (κ3) is 3.27. The second-order valence-corrected chi connectivity index (χ2v) is 4.34. The fourth-order valence-electron chi connectivity index (χ4n) is 1.63. The summed E-state index contributed by atoms with van der Waals surface area (Å²) >= 11 is 0. The number of methoxy groups -OCH3 is 1. The summed E-state index contributed by atoms with van der Waals surface area (Å²) in [4.78, 5) is 24.0. The van der Waals surface area contributed by atoms with Crippen molar-refractivity contribution in [3.8, 4) is 5.75 Å². The number of esters is 2. The number of carbonyl (C=O) groups is 2. The molecule has 0 saturated carbocycles. The summed E-state index contributed by atoms with van der Waals surface area (Å²) in [6.45, 7) is 2.13. The Bertz CT molecular complexity index is 471. The zero-order chi connectivity index (χ0) is 15.2. The fraction of sp³-hybridized carbons (Fsp3) is 0.429. The van der Waals surface area contributed by atoms with Gasteiger partial charge >= 0.3 is 11.9 Å². The number of aromatic hydroxyl groups is 1. The summed E-state index contributed by atoms with van der Waals surface area (Å²) in [5, 5.41) is 9.26. The van der Waals surface area contributed by atoms with Crippen LogP contribution in [0.2, 0.25) is 0 Å². The van der Waals surface area contributed by atoms with Crippen molar-refractivity contribution in [1.82, 2.24) is 0 Å². The Kier molecular flexibility index (Phi) is 5.52. The lowest BCUT2D eigenvalue weighted by molar-refractivity contribution is -0.163. The highest BCUT2D eigenvalue weighted by molar-refractivity contribution is 6.05. The molecule has 0 saturated heterocycles. The van der Waals surface area contributed by atoms with Gasteiger partial charge in [-0.3, -0.25) is 0 Å². The van der Waals surface area contributed by atoms with Crippen molar-refractivity contribution in [2.24, 2.45) is 5.73 Å². The zero-order valence-corrected chi connectivity index (χ0v) is 11.6. The zero-order valence-electron chi connectivity index (χ0n) is 11.6. The monoisotopic (exact) mass is 281 g/mol. The van der Waals surface area contributed by atoms with Crippen molar-refractivity contribution in [1.29, 1.82) is 0 Å². The Hall–Kier alpha value is -2.08. The van der Waals surface area contributed by atoms with Crippen molar-refractivity contribution in [2.75, 3.05) is 13.7 Å². The summed E-state index contributed by atoms with van der Waals surface area (Å²) in [5.74, 6) is -1.78. The average molecular weight is 281 g/mol. The van der Waals surface area contributed by atoms with Crippen molar-refractivity contribution in [3.05, 3.63) is 29.8 Å². The molecular formula is C14H19NO5. The predicted molar refractivity (Wildman–Crippen MR) is 71.9 cm³/mol. The molecule has 1 rings (SSSR count). The minimum atomic E-state index is -2.03. The van der Waals surface area contributed by atoms with Crippen LogP contribution in [0, 0.1) is 0 Å². The van der Waals surface area contributed by atoms with Gasteiger partial charge in [0.05, 0.1) is 13.7 Å². The lowest BCUT2D eigenvalue weighted by atomic mass is 9.91. The number of hydrogen-bond donors (Lipinski definition) is 2. The molecule has 20 heavy (non-hydrogen) atoms. The first-order valence-electron chi connectivity index (χ1n) is 6.30. The SMILES string of the molecule is CCCCOC(=O)C(N)(C(=O)OC)c1ccc(O)cc1. The van der Waals surface area contributed by atoms with Gasteiger partial charge in [0.25, 0.3) is 0 Å². The van der Waals surface area contributed by atoms with Crippen LogP contribution in [0.25, 0.3) is 0 Å². The van der Waals surface area contributed by atoms with Crippen LogP contribution >= 0.6 is 0 Å². The number of carbonyl (C=O) groups excluding carboxylic acids is 2. The summed E-state index contributed by atoms with van der Waals surface area (Å²) in [7, 11) is 1.14. The van der Waals surface area contributed by atoms with Gasteiger partial charge in [-0.2, -0.15) is 0 Å². The fourth-order valence-corrected chi connectivity index (χ4v) is 1.63. The number of hydrogen-bond acceptors (Lipinski definition) is 6. The van der Waals surface area contributed by atoms with E-state index in [0.29, 0.717) is 6.42 Å². The van der Waals surface area contributed by atoms with Crippen LogP contribution in [0.5, 0.6) is 5.75 Å². The normalized spacial score (nSPS) is 13.3. The van der Waals surface area contributed by atoms with E-state index in [-0.39, 0.29) is 17.9 Å². The molecule has 0 aromatic heterocycles. The van der Waals surface area contributed by atoms with Gasteiger partial charge in [-0.15, -0.1) is 0 Å². The third-order valence-corrected chi connectivity index (χ3v) is 2.88. The van der Waals surface area contributed by atoms with Gasteiger partial charge < -0.3 is 20.3 Å². The van der Waals surface area contributed by atoms with E-state index in [1.54, 1.807) is 0 Å². The maximum Gasteiger partial charge on any atom is 0.342 e. The smallest absolute Gasteiger partial charge is 0.342 e. The first kappa shape index (κ1) is 16.0. The molecule has 1 aromatic rings. The predicted octanol–water partition coefficient (Wildman–Crippen LogP) is 1.06. The minimum absolute atomic E-state index is 0.000293. The molecule has 0 aliphatic rings. The molecule has 0 aliphatic carbocycles. The molecule has 0 radical (unpaired) electrons. The second kappa shape index (κ2) is 6.91. The molecule has 3 N–H and O–H groups in total. The van der Waals surface area contributed by atoms with Gasteiger partial charge in [-0.05, 0) is 24.1 Å². The first-order valence-corrected chi connectivity index (χ1v) is 6.30. The number of benzene rings is 1. The molecule has 0 bridgehead atoms. The second-order valence-electron chi connectivity index (χ2n) is 4.34. The lowest BCUT2D eigenvalue weighted by Crippen LogP contribution is -2.53. The number of nitrogens with two attached hydrogens (primary N) is 1. The highest BCUT2D eigenvalue weighted by Gasteiger charge is 2.46. The Morgan fingerprint density at radius 1 is 1.25 bits per heavy atom. The van der Waals surface area contributed by atoms with E-state index >= 15 is 0 Å². The minimum Gasteiger partial charge on any atom is -0.508 e. The lowest BCUT2D eigenvalue weighted by Gasteiger charge is -2.24. The summed E-state index contributed by atoms with van der Waals surface area (Å²) < 4.78 is 9.63. The van der Waals surface area contributed by atoms with Crippen LogP contribution in [-0.2, 0) is 24.6 Å². The van der Waals surface area contributed by atoms with E-state index < -0.39 is 17.5 Å². The van der Waals surface area contributed by atoms with Crippen LogP contribution in [0.1, 0.15) is 25.3 Å². The van der Waals surface area contributed by atoms with Gasteiger partial charge in [-0.1, -0.05) is 25.5 Å². The maximum absolute atomic E-state index is 12.1. The van der Waals surface area contributed by atoms with Gasteiger partial charge in [0.2, 0.25) is 5.54 Å². The molecular weight excluding hydrogens is 262 g/mol. The Balaban J connectivity index is 3.06. The molecule has 0 spiro atoms. The summed E-state index contributed by atoms with van der Waals surface area (Å²) in [6, 6.07) is 5.43. The maximum atomic E-state index is 12.1. The van der Waals surface area contributed by atoms with Crippen LogP contribution in [0.4, 0.5) is 0 Å². The quantitative estimate of drug-likeness (QED) is 0.459. The Morgan fingerprint density at radius 3 is 2.35 bits per heavy atom. The van der Waals surface area contributed by atoms with Crippen molar-refractivity contribution in [2.45, 2.75) is 25.3 Å². The van der Waals surface area contributed by atoms with E-state index in [0.717, 1.165) is 13.5 Å². The highest BCUT2D eigenvalue weighted by atomic mass is 16.6. The van der Waals surface area contributed by atoms with Gasteiger partial charge in [0.15, 0.2) is 0 Å². The standard InChI is InChI=1S/C14H19NO5/c1-3-4-9-20-13(18)14(15,12(17)19-2)10-5-7-11(16)8-6-10/h5-8,16H,3-4,9,15H2,1-2H3. The third-order valence-electron chi connectivity index (χ3n) is 2.88. The molecule has 110 valence electrons. The molecule has 0 amide bonds. The number of ether oxygens (including phenoxy) is 2. The van der Waals surface area contributed by atoms with Crippen molar-refractivity contribution in [3.63, 3.8) is 0 Å². The highest BCUT2D eigenvalue weighted by Crippen LogP contribution is 2.24. The molecule has 0 aliphatic heterocycles. The van der Waals surface area contributed by atoms with Crippen molar-refractivity contribution >= 4 is 11.9 Å². The molecule has 1 aromatic carbocycles. The van der Waals surface area contributed by atoms with Crippen LogP contribution < -0.4 is 5.73 Å². The molecule has 0 heterocycles. The largest absolute Gasteiger partial charge is 0.508 e. The summed E-state index contributed by atoms with van der Waals surface area (Å²) in [5.41, 5.74) is 4.08. The number of phenols is 1. The van der Waals surface area contributed by atoms with E-state index in [9.17, 15) is 14.7 Å². The molecule has 1 unspecified atom stereocenters. The van der Waals surface area contributed by atoms with E-state index in [1.165, 1.54) is 24.3 Å². The van der Waals surface area contributed by atoms with E-state index in [2.05, 4.69) is 4.74 Å². The van der Waals surface area contributed by atoms with Gasteiger partial charge in [0.1, 0.15) is 5.75 Å².